The van der Waals surface area contributed by atoms with Gasteiger partial charge >= 0.3 is 12.4 Å². The molecule has 0 atom stereocenters. The zero-order valence-electron chi connectivity index (χ0n) is 13.5. The van der Waals surface area contributed by atoms with E-state index in [4.69, 9.17) is 0 Å². The normalized spacial score (nSPS) is 15.2. The van der Waals surface area contributed by atoms with Crippen molar-refractivity contribution in [3.63, 3.8) is 0 Å². The van der Waals surface area contributed by atoms with Crippen LogP contribution in [-0.4, -0.2) is 35.7 Å². The lowest BCUT2D eigenvalue weighted by atomic mass is 9.90. The number of halogens is 6. The Kier molecular flexibility index (Phi) is 5.10. The molecule has 1 aromatic rings. The Morgan fingerprint density at radius 2 is 1.69 bits per heavy atom. The first kappa shape index (κ1) is 20.2. The number of hydrogen-bond donors (Lipinski definition) is 1. The summed E-state index contributed by atoms with van der Waals surface area (Å²) in [4.78, 5) is 24.6. The Balaban J connectivity index is 2.41. The molecule has 0 radical (unpaired) electrons. The van der Waals surface area contributed by atoms with Crippen LogP contribution >= 0.6 is 0 Å². The number of carbonyl (C=O) groups excluding carboxylic acids is 2. The summed E-state index contributed by atoms with van der Waals surface area (Å²) < 4.78 is 77.7. The second kappa shape index (κ2) is 6.57. The van der Waals surface area contributed by atoms with E-state index in [1.807, 2.05) is 0 Å². The summed E-state index contributed by atoms with van der Waals surface area (Å²) in [5, 5.41) is 9.44. The molecule has 1 N–H and O–H groups in total. The summed E-state index contributed by atoms with van der Waals surface area (Å²) in [6.07, 6.45) is -12.2. The van der Waals surface area contributed by atoms with E-state index in [0.29, 0.717) is 12.1 Å². The van der Waals surface area contributed by atoms with Gasteiger partial charge in [0.25, 0.3) is 5.60 Å². The van der Waals surface area contributed by atoms with Crippen molar-refractivity contribution >= 4 is 17.4 Å². The van der Waals surface area contributed by atoms with Crippen molar-refractivity contribution in [3.8, 4) is 0 Å². The Morgan fingerprint density at radius 3 is 2.19 bits per heavy atom. The van der Waals surface area contributed by atoms with E-state index in [9.17, 15) is 41.0 Å². The fraction of sp³-hybridized carbons (Fsp3) is 0.500. The SMILES string of the molecule is CCC(=O)CC(=O)N1CCc2cc(C(O)(C(F)(F)F)C(F)(F)F)ccc21. The third-order valence-electron chi connectivity index (χ3n) is 4.26. The summed E-state index contributed by atoms with van der Waals surface area (Å²) in [6, 6.07) is 2.02. The lowest BCUT2D eigenvalue weighted by Crippen LogP contribution is -2.53. The summed E-state index contributed by atoms with van der Waals surface area (Å²) in [7, 11) is 0. The van der Waals surface area contributed by atoms with Gasteiger partial charge in [0.2, 0.25) is 5.91 Å². The van der Waals surface area contributed by atoms with Crippen molar-refractivity contribution in [2.45, 2.75) is 44.1 Å². The van der Waals surface area contributed by atoms with E-state index in [0.717, 1.165) is 11.0 Å². The van der Waals surface area contributed by atoms with Crippen LogP contribution in [-0.2, 0) is 21.6 Å². The van der Waals surface area contributed by atoms with Gasteiger partial charge in [-0.3, -0.25) is 9.59 Å². The van der Waals surface area contributed by atoms with Crippen molar-refractivity contribution in [1.29, 1.82) is 0 Å². The van der Waals surface area contributed by atoms with E-state index < -0.39 is 35.8 Å². The highest BCUT2D eigenvalue weighted by Crippen LogP contribution is 2.50. The second-order valence-electron chi connectivity index (χ2n) is 5.91. The molecule has 0 aliphatic carbocycles. The number of rotatable bonds is 4. The molecule has 0 fully saturated rings. The highest BCUT2D eigenvalue weighted by Gasteiger charge is 2.71. The Bertz CT molecular complexity index is 712. The summed E-state index contributed by atoms with van der Waals surface area (Å²) in [5.74, 6) is -0.908. The van der Waals surface area contributed by atoms with Crippen LogP contribution in [0.25, 0.3) is 0 Å². The number of hydrogen-bond acceptors (Lipinski definition) is 3. The van der Waals surface area contributed by atoms with Gasteiger partial charge in [0.15, 0.2) is 0 Å². The molecule has 144 valence electrons. The average molecular weight is 383 g/mol. The van der Waals surface area contributed by atoms with E-state index in [1.165, 1.54) is 0 Å². The third kappa shape index (κ3) is 3.29. The zero-order chi connectivity index (χ0) is 19.9. The van der Waals surface area contributed by atoms with Gasteiger partial charge in [0.1, 0.15) is 5.78 Å². The average Bonchev–Trinajstić information content (AvgIpc) is 2.94. The molecule has 0 saturated heterocycles. The number of carbonyl (C=O) groups is 2. The van der Waals surface area contributed by atoms with E-state index >= 15 is 0 Å². The standard InChI is InChI=1S/C16H15F6NO3/c1-2-11(24)8-13(25)23-6-5-9-7-10(3-4-12(9)23)14(26,15(17,18)19)16(20,21)22/h3-4,7,26H,2,5-6,8H2,1H3. The number of Topliss-reactive ketones (excluding diaryl/α,β-unsaturated/α-hetero) is 1. The monoisotopic (exact) mass is 383 g/mol. The molecule has 2 rings (SSSR count). The van der Waals surface area contributed by atoms with Gasteiger partial charge < -0.3 is 10.0 Å². The van der Waals surface area contributed by atoms with Crippen molar-refractivity contribution in [3.05, 3.63) is 29.3 Å². The van der Waals surface area contributed by atoms with Crippen LogP contribution in [0.5, 0.6) is 0 Å². The van der Waals surface area contributed by atoms with Gasteiger partial charge in [0, 0.05) is 24.2 Å². The first-order valence-electron chi connectivity index (χ1n) is 7.64. The van der Waals surface area contributed by atoms with E-state index in [1.54, 1.807) is 6.92 Å². The molecule has 0 unspecified atom stereocenters. The molecule has 1 amide bonds. The van der Waals surface area contributed by atoms with Gasteiger partial charge in [-0.25, -0.2) is 0 Å². The number of nitrogens with zero attached hydrogens (tertiary/aromatic N) is 1. The Hall–Kier alpha value is -2.10. The number of aliphatic hydroxyl groups is 1. The van der Waals surface area contributed by atoms with Crippen molar-refractivity contribution in [1.82, 2.24) is 0 Å². The van der Waals surface area contributed by atoms with Gasteiger partial charge in [-0.2, -0.15) is 26.3 Å². The molecule has 0 bridgehead atoms. The largest absolute Gasteiger partial charge is 0.430 e. The maximum absolute atomic E-state index is 13.0. The molecule has 1 aliphatic rings. The molecule has 1 aromatic carbocycles. The quantitative estimate of drug-likeness (QED) is 0.642. The molecule has 1 aliphatic heterocycles. The molecule has 4 nitrogen and oxygen atoms in total. The van der Waals surface area contributed by atoms with Crippen molar-refractivity contribution in [2.75, 3.05) is 11.4 Å². The minimum Gasteiger partial charge on any atom is -0.369 e. The number of ketones is 1. The van der Waals surface area contributed by atoms with Crippen molar-refractivity contribution < 1.29 is 41.0 Å². The summed E-state index contributed by atoms with van der Waals surface area (Å²) in [6.45, 7) is 1.60. The topological polar surface area (TPSA) is 57.6 Å². The van der Waals surface area contributed by atoms with Gasteiger partial charge in [0.05, 0.1) is 6.42 Å². The molecule has 10 heteroatoms. The maximum Gasteiger partial charge on any atom is 0.430 e. The predicted octanol–water partition coefficient (Wildman–Crippen LogP) is 3.26. The Labute approximate surface area is 144 Å². The number of benzene rings is 1. The van der Waals surface area contributed by atoms with Crippen LogP contribution in [0, 0.1) is 0 Å². The summed E-state index contributed by atoms with van der Waals surface area (Å²) >= 11 is 0. The van der Waals surface area contributed by atoms with Crippen LogP contribution < -0.4 is 4.90 Å². The fourth-order valence-corrected chi connectivity index (χ4v) is 2.76. The second-order valence-corrected chi connectivity index (χ2v) is 5.91. The van der Waals surface area contributed by atoms with Gasteiger partial charge in [-0.05, 0) is 18.1 Å². The predicted molar refractivity (Wildman–Crippen MR) is 78.4 cm³/mol. The molecule has 0 saturated carbocycles. The lowest BCUT2D eigenvalue weighted by Gasteiger charge is -2.33. The van der Waals surface area contributed by atoms with Crippen LogP contribution in [0.2, 0.25) is 0 Å². The lowest BCUT2D eigenvalue weighted by molar-refractivity contribution is -0.376. The Morgan fingerprint density at radius 1 is 1.12 bits per heavy atom. The molecule has 0 spiro atoms. The third-order valence-corrected chi connectivity index (χ3v) is 4.26. The van der Waals surface area contributed by atoms with Crippen LogP contribution in [0.3, 0.4) is 0 Å². The van der Waals surface area contributed by atoms with Crippen LogP contribution in [0.1, 0.15) is 30.9 Å². The molecule has 26 heavy (non-hydrogen) atoms. The summed E-state index contributed by atoms with van der Waals surface area (Å²) in [5.41, 5.74) is -6.18. The fourth-order valence-electron chi connectivity index (χ4n) is 2.76. The number of alkyl halides is 6. The highest BCUT2D eigenvalue weighted by atomic mass is 19.4. The van der Waals surface area contributed by atoms with Crippen molar-refractivity contribution in [2.24, 2.45) is 0 Å². The maximum atomic E-state index is 13.0. The minimum absolute atomic E-state index is 0.0149. The van der Waals surface area contributed by atoms with Gasteiger partial charge in [-0.15, -0.1) is 0 Å². The zero-order valence-corrected chi connectivity index (χ0v) is 13.5. The molecule has 0 aromatic heterocycles. The van der Waals surface area contributed by atoms with Crippen LogP contribution in [0.15, 0.2) is 18.2 Å². The van der Waals surface area contributed by atoms with Gasteiger partial charge in [-0.1, -0.05) is 19.1 Å². The molecule has 1 heterocycles. The number of anilines is 1. The minimum atomic E-state index is -5.97. The number of amides is 1. The van der Waals surface area contributed by atoms with E-state index in [2.05, 4.69) is 0 Å². The molecular weight excluding hydrogens is 368 g/mol. The molecular formula is C16H15F6NO3. The first-order valence-corrected chi connectivity index (χ1v) is 7.64. The highest BCUT2D eigenvalue weighted by molar-refractivity contribution is 6.06. The number of fused-ring (bicyclic) bond motifs is 1. The van der Waals surface area contributed by atoms with E-state index in [-0.39, 0.29) is 36.4 Å². The smallest absolute Gasteiger partial charge is 0.369 e. The van der Waals surface area contributed by atoms with Crippen LogP contribution in [0.4, 0.5) is 32.0 Å². The first-order chi connectivity index (χ1) is 11.8.